The van der Waals surface area contributed by atoms with Gasteiger partial charge in [0, 0.05) is 10.0 Å². The zero-order chi connectivity index (χ0) is 21.8. The van der Waals surface area contributed by atoms with Crippen molar-refractivity contribution in [1.82, 2.24) is 5.32 Å². The Morgan fingerprint density at radius 2 is 1.83 bits per heavy atom. The molecule has 0 saturated carbocycles. The Hall–Kier alpha value is -2.64. The zero-order valence-electron chi connectivity index (χ0n) is 16.7. The number of benzene rings is 2. The fraction of sp³-hybridized carbons (Fsp3) is 0.333. The molecule has 7 nitrogen and oxygen atoms in total. The molecular formula is C21H21Cl2NO6. The second-order valence-corrected chi connectivity index (χ2v) is 7.49. The molecule has 1 heterocycles. The van der Waals surface area contributed by atoms with Crippen LogP contribution in [0.2, 0.25) is 10.0 Å². The number of esters is 1. The number of amides is 1. The molecular weight excluding hydrogens is 433 g/mol. The molecule has 0 aliphatic carbocycles. The summed E-state index contributed by atoms with van der Waals surface area (Å²) < 4.78 is 21.6. The molecule has 0 bridgehead atoms. The van der Waals surface area contributed by atoms with Crippen LogP contribution in [0.1, 0.15) is 35.8 Å². The van der Waals surface area contributed by atoms with Crippen molar-refractivity contribution in [2.45, 2.75) is 26.0 Å². The summed E-state index contributed by atoms with van der Waals surface area (Å²) in [6, 6.07) is 7.59. The maximum atomic E-state index is 12.6. The summed E-state index contributed by atoms with van der Waals surface area (Å²) in [4.78, 5) is 25.1. The van der Waals surface area contributed by atoms with Crippen LogP contribution in [-0.4, -0.2) is 38.3 Å². The maximum absolute atomic E-state index is 12.6. The summed E-state index contributed by atoms with van der Waals surface area (Å²) in [6.45, 7) is 4.00. The number of hydrogen-bond acceptors (Lipinski definition) is 6. The van der Waals surface area contributed by atoms with Crippen LogP contribution in [-0.2, 0) is 9.53 Å². The van der Waals surface area contributed by atoms with Crippen molar-refractivity contribution in [2.24, 2.45) is 0 Å². The van der Waals surface area contributed by atoms with Gasteiger partial charge in [-0.05, 0) is 43.7 Å². The molecule has 30 heavy (non-hydrogen) atoms. The number of carbonyl (C=O) groups is 2. The van der Waals surface area contributed by atoms with Crippen LogP contribution in [0.15, 0.2) is 30.3 Å². The van der Waals surface area contributed by atoms with E-state index in [1.54, 1.807) is 25.1 Å². The molecule has 1 aliphatic rings. The molecule has 0 spiro atoms. The van der Waals surface area contributed by atoms with Gasteiger partial charge in [0.05, 0.1) is 18.7 Å². The Kier molecular flexibility index (Phi) is 6.95. The lowest BCUT2D eigenvalue weighted by Crippen LogP contribution is -2.37. The van der Waals surface area contributed by atoms with Crippen molar-refractivity contribution in [2.75, 3.05) is 20.3 Å². The second-order valence-electron chi connectivity index (χ2n) is 6.65. The molecule has 2 aromatic rings. The first-order valence-electron chi connectivity index (χ1n) is 9.24. The first-order chi connectivity index (χ1) is 14.3. The standard InChI is InChI=1S/C21H21Cl2NO6/c1-11(15-5-4-14(22)10-16(15)23)24-20(25)12(2)30-21(26)13-8-17(27-3)19-18(9-13)28-6-7-29-19/h4-5,8-12H,6-7H2,1-3H3,(H,24,25). The predicted octanol–water partition coefficient (Wildman–Crippen LogP) is 4.20. The monoisotopic (exact) mass is 453 g/mol. The highest BCUT2D eigenvalue weighted by molar-refractivity contribution is 6.35. The molecule has 0 aromatic heterocycles. The summed E-state index contributed by atoms with van der Waals surface area (Å²) in [5.74, 6) is 0.00847. The van der Waals surface area contributed by atoms with E-state index < -0.39 is 24.0 Å². The Bertz CT molecular complexity index is 948. The summed E-state index contributed by atoms with van der Waals surface area (Å²) in [7, 11) is 1.46. The number of rotatable bonds is 6. The fourth-order valence-electron chi connectivity index (χ4n) is 2.93. The molecule has 9 heteroatoms. The number of ether oxygens (including phenoxy) is 4. The number of methoxy groups -OCH3 is 1. The number of halogens is 2. The molecule has 2 unspecified atom stereocenters. The van der Waals surface area contributed by atoms with Gasteiger partial charge in [-0.3, -0.25) is 4.79 Å². The normalized spacial score (nSPS) is 14.4. The van der Waals surface area contributed by atoms with Crippen molar-refractivity contribution >= 4 is 35.1 Å². The maximum Gasteiger partial charge on any atom is 0.339 e. The minimum atomic E-state index is -1.04. The van der Waals surface area contributed by atoms with Gasteiger partial charge in [0.1, 0.15) is 13.2 Å². The predicted molar refractivity (Wildman–Crippen MR) is 112 cm³/mol. The zero-order valence-corrected chi connectivity index (χ0v) is 18.2. The summed E-state index contributed by atoms with van der Waals surface area (Å²) in [5.41, 5.74) is 0.883. The largest absolute Gasteiger partial charge is 0.493 e. The molecule has 0 radical (unpaired) electrons. The molecule has 2 aromatic carbocycles. The van der Waals surface area contributed by atoms with E-state index >= 15 is 0 Å². The summed E-state index contributed by atoms with van der Waals surface area (Å²) in [6.07, 6.45) is -1.04. The van der Waals surface area contributed by atoms with Gasteiger partial charge < -0.3 is 24.3 Å². The Morgan fingerprint density at radius 1 is 1.10 bits per heavy atom. The highest BCUT2D eigenvalue weighted by Gasteiger charge is 2.25. The van der Waals surface area contributed by atoms with Crippen LogP contribution in [0, 0.1) is 0 Å². The average molecular weight is 454 g/mol. The first-order valence-corrected chi connectivity index (χ1v) is 9.99. The molecule has 1 N–H and O–H groups in total. The molecule has 1 aliphatic heterocycles. The quantitative estimate of drug-likeness (QED) is 0.659. The third kappa shape index (κ3) is 4.91. The Morgan fingerprint density at radius 3 is 2.53 bits per heavy atom. The molecule has 3 rings (SSSR count). The van der Waals surface area contributed by atoms with E-state index in [1.165, 1.54) is 26.2 Å². The van der Waals surface area contributed by atoms with Gasteiger partial charge in [0.15, 0.2) is 17.6 Å². The Balaban J connectivity index is 1.67. The summed E-state index contributed by atoms with van der Waals surface area (Å²) in [5, 5.41) is 3.71. The van der Waals surface area contributed by atoms with E-state index in [0.717, 1.165) is 0 Å². The van der Waals surface area contributed by atoms with E-state index in [2.05, 4.69) is 5.32 Å². The molecule has 1 amide bonds. The van der Waals surface area contributed by atoms with Crippen LogP contribution < -0.4 is 19.5 Å². The van der Waals surface area contributed by atoms with Crippen LogP contribution >= 0.6 is 23.2 Å². The third-order valence-electron chi connectivity index (χ3n) is 4.50. The van der Waals surface area contributed by atoms with Gasteiger partial charge >= 0.3 is 5.97 Å². The number of fused-ring (bicyclic) bond motifs is 1. The van der Waals surface area contributed by atoms with E-state index in [9.17, 15) is 9.59 Å². The van der Waals surface area contributed by atoms with E-state index in [4.69, 9.17) is 42.1 Å². The highest BCUT2D eigenvalue weighted by Crippen LogP contribution is 2.40. The van der Waals surface area contributed by atoms with Crippen molar-refractivity contribution in [3.8, 4) is 17.2 Å². The van der Waals surface area contributed by atoms with Gasteiger partial charge in [-0.15, -0.1) is 0 Å². The lowest BCUT2D eigenvalue weighted by molar-refractivity contribution is -0.129. The van der Waals surface area contributed by atoms with Gasteiger partial charge in [0.2, 0.25) is 5.75 Å². The Labute approximate surface area is 184 Å². The topological polar surface area (TPSA) is 83.1 Å². The highest BCUT2D eigenvalue weighted by atomic mass is 35.5. The minimum absolute atomic E-state index is 0.185. The molecule has 0 fully saturated rings. The van der Waals surface area contributed by atoms with E-state index in [-0.39, 0.29) is 5.56 Å². The molecule has 0 saturated heterocycles. The van der Waals surface area contributed by atoms with Crippen LogP contribution in [0.3, 0.4) is 0 Å². The van der Waals surface area contributed by atoms with Gasteiger partial charge in [-0.1, -0.05) is 29.3 Å². The van der Waals surface area contributed by atoms with Crippen molar-refractivity contribution in [3.63, 3.8) is 0 Å². The number of nitrogens with one attached hydrogen (secondary N) is 1. The second kappa shape index (κ2) is 9.45. The number of carbonyl (C=O) groups excluding carboxylic acids is 2. The fourth-order valence-corrected chi connectivity index (χ4v) is 3.51. The van der Waals surface area contributed by atoms with Gasteiger partial charge in [-0.25, -0.2) is 4.79 Å². The van der Waals surface area contributed by atoms with E-state index in [1.807, 2.05) is 0 Å². The van der Waals surface area contributed by atoms with Crippen molar-refractivity contribution in [3.05, 3.63) is 51.5 Å². The minimum Gasteiger partial charge on any atom is -0.493 e. The van der Waals surface area contributed by atoms with Crippen molar-refractivity contribution in [1.29, 1.82) is 0 Å². The van der Waals surface area contributed by atoms with Gasteiger partial charge in [0.25, 0.3) is 5.91 Å². The lowest BCUT2D eigenvalue weighted by atomic mass is 10.1. The average Bonchev–Trinajstić information content (AvgIpc) is 2.72. The smallest absolute Gasteiger partial charge is 0.339 e. The summed E-state index contributed by atoms with van der Waals surface area (Å²) >= 11 is 12.1. The first kappa shape index (κ1) is 22.1. The third-order valence-corrected chi connectivity index (χ3v) is 5.07. The van der Waals surface area contributed by atoms with Crippen LogP contribution in [0.5, 0.6) is 17.2 Å². The van der Waals surface area contributed by atoms with E-state index in [0.29, 0.717) is 46.1 Å². The lowest BCUT2D eigenvalue weighted by Gasteiger charge is -2.22. The van der Waals surface area contributed by atoms with Gasteiger partial charge in [-0.2, -0.15) is 0 Å². The molecule has 2 atom stereocenters. The van der Waals surface area contributed by atoms with Crippen molar-refractivity contribution < 1.29 is 28.5 Å². The molecule has 160 valence electrons. The van der Waals surface area contributed by atoms with Crippen LogP contribution in [0.4, 0.5) is 0 Å². The number of hydrogen-bond donors (Lipinski definition) is 1. The van der Waals surface area contributed by atoms with Crippen LogP contribution in [0.25, 0.3) is 0 Å². The SMILES string of the molecule is COc1cc(C(=O)OC(C)C(=O)NC(C)c2ccc(Cl)cc2Cl)cc2c1OCCO2.